The van der Waals surface area contributed by atoms with Crippen molar-refractivity contribution < 1.29 is 33.4 Å². The first-order chi connectivity index (χ1) is 19.2. The zero-order valence-electron chi connectivity index (χ0n) is 23.9. The number of nitrogens with one attached hydrogen (secondary N) is 4. The number of imidazole rings is 1. The molecular formula is C26H34N8O7. The van der Waals surface area contributed by atoms with Gasteiger partial charge in [-0.3, -0.25) is 14.4 Å². The minimum atomic E-state index is -0.648. The van der Waals surface area contributed by atoms with Crippen molar-refractivity contribution in [3.05, 3.63) is 47.9 Å². The van der Waals surface area contributed by atoms with Gasteiger partial charge in [0.25, 0.3) is 11.8 Å². The van der Waals surface area contributed by atoms with Crippen LogP contribution in [0.5, 0.6) is 0 Å². The lowest BCUT2D eigenvalue weighted by atomic mass is 10.2. The maximum absolute atomic E-state index is 12.9. The fourth-order valence-electron chi connectivity index (χ4n) is 3.72. The number of methoxy groups -OCH3 is 1. The van der Waals surface area contributed by atoms with Crippen LogP contribution in [-0.4, -0.2) is 67.7 Å². The third-order valence-electron chi connectivity index (χ3n) is 5.52. The molecule has 0 aromatic carbocycles. The van der Waals surface area contributed by atoms with Crippen LogP contribution >= 0.6 is 0 Å². The Balaban J connectivity index is 1.57. The summed E-state index contributed by atoms with van der Waals surface area (Å²) >= 11 is 0. The van der Waals surface area contributed by atoms with E-state index in [4.69, 9.17) is 9.47 Å². The average molecular weight is 571 g/mol. The maximum Gasteiger partial charge on any atom is 0.407 e. The largest absolute Gasteiger partial charge is 0.464 e. The summed E-state index contributed by atoms with van der Waals surface area (Å²) in [5.41, 5.74) is 0.604. The van der Waals surface area contributed by atoms with Crippen molar-refractivity contribution in [3.63, 3.8) is 0 Å². The number of hydrogen-bond donors (Lipinski definition) is 4. The zero-order valence-corrected chi connectivity index (χ0v) is 23.9. The summed E-state index contributed by atoms with van der Waals surface area (Å²) in [6, 6.07) is 2.98. The van der Waals surface area contributed by atoms with Crippen molar-refractivity contribution in [1.82, 2.24) is 24.0 Å². The second-order valence-electron chi connectivity index (χ2n) is 10.1. The van der Waals surface area contributed by atoms with Gasteiger partial charge >= 0.3 is 12.1 Å². The van der Waals surface area contributed by atoms with Gasteiger partial charge in [0, 0.05) is 52.7 Å². The summed E-state index contributed by atoms with van der Waals surface area (Å²) in [5.74, 6) is -1.81. The molecule has 0 saturated heterocycles. The number of carbonyl (C=O) groups is 5. The van der Waals surface area contributed by atoms with Gasteiger partial charge < -0.3 is 44.4 Å². The van der Waals surface area contributed by atoms with Gasteiger partial charge in [-0.2, -0.15) is 0 Å². The summed E-state index contributed by atoms with van der Waals surface area (Å²) in [6.07, 6.45) is 3.95. The number of amides is 4. The van der Waals surface area contributed by atoms with Gasteiger partial charge in [0.1, 0.15) is 17.0 Å². The molecule has 3 aromatic heterocycles. The highest BCUT2D eigenvalue weighted by Crippen LogP contribution is 2.19. The minimum absolute atomic E-state index is 0.0154. The average Bonchev–Trinajstić information content (AvgIpc) is 3.53. The number of esters is 1. The third kappa shape index (κ3) is 8.20. The number of ether oxygens (including phenoxy) is 2. The van der Waals surface area contributed by atoms with Gasteiger partial charge in [-0.25, -0.2) is 14.6 Å². The van der Waals surface area contributed by atoms with Crippen LogP contribution in [0, 0.1) is 0 Å². The van der Waals surface area contributed by atoms with E-state index in [9.17, 15) is 24.0 Å². The van der Waals surface area contributed by atoms with E-state index in [1.807, 2.05) is 0 Å². The molecule has 41 heavy (non-hydrogen) atoms. The molecule has 0 radical (unpaired) electrons. The lowest BCUT2D eigenvalue weighted by Gasteiger charge is -2.19. The SMILES string of the molecule is COC(=O)c1cc(NC(=O)c2cc(NC(=O)c3nc(NC(=O)CCNC(=O)OC(C)(C)C)cn3C)cn2C)cn1C. The molecule has 0 aliphatic heterocycles. The van der Waals surface area contributed by atoms with Gasteiger partial charge in [0.05, 0.1) is 18.5 Å². The predicted octanol–water partition coefficient (Wildman–Crippen LogP) is 2.24. The summed E-state index contributed by atoms with van der Waals surface area (Å²) in [4.78, 5) is 65.7. The van der Waals surface area contributed by atoms with Gasteiger partial charge in [0.15, 0.2) is 5.82 Å². The molecule has 0 spiro atoms. The Morgan fingerprint density at radius 1 is 0.829 bits per heavy atom. The van der Waals surface area contributed by atoms with E-state index in [0.29, 0.717) is 11.4 Å². The Bertz CT molecular complexity index is 1480. The van der Waals surface area contributed by atoms with E-state index in [2.05, 4.69) is 26.3 Å². The fourth-order valence-corrected chi connectivity index (χ4v) is 3.72. The van der Waals surface area contributed by atoms with Gasteiger partial charge in [-0.05, 0) is 32.9 Å². The first-order valence-corrected chi connectivity index (χ1v) is 12.5. The molecule has 0 aliphatic carbocycles. The Morgan fingerprint density at radius 2 is 1.41 bits per heavy atom. The number of hydrogen-bond acceptors (Lipinski definition) is 8. The standard InChI is InChI=1S/C26H34N8O7/c1-26(2,3)41-25(39)27-9-8-20(35)30-19-14-34(6)21(31-19)23(37)29-15-10-17(32(4)12-15)22(36)28-16-11-18(24(38)40-7)33(5)13-16/h10-14H,8-9H2,1-7H3,(H,27,39)(H,28,36)(H,29,37)(H,30,35). The van der Waals surface area contributed by atoms with E-state index < -0.39 is 35.4 Å². The molecule has 0 fully saturated rings. The molecule has 0 atom stereocenters. The fraction of sp³-hybridized carbons (Fsp3) is 0.385. The normalized spacial score (nSPS) is 11.0. The summed E-state index contributed by atoms with van der Waals surface area (Å²) in [5, 5.41) is 10.5. The Morgan fingerprint density at radius 3 is 2.02 bits per heavy atom. The minimum Gasteiger partial charge on any atom is -0.464 e. The molecule has 4 N–H and O–H groups in total. The summed E-state index contributed by atoms with van der Waals surface area (Å²) < 4.78 is 14.3. The highest BCUT2D eigenvalue weighted by Gasteiger charge is 2.20. The van der Waals surface area contributed by atoms with Crippen molar-refractivity contribution >= 4 is 47.0 Å². The molecule has 220 valence electrons. The first kappa shape index (κ1) is 30.5. The predicted molar refractivity (Wildman–Crippen MR) is 149 cm³/mol. The molecular weight excluding hydrogens is 536 g/mol. The van der Waals surface area contributed by atoms with E-state index in [0.717, 1.165) is 0 Å². The molecule has 3 rings (SSSR count). The van der Waals surface area contributed by atoms with Crippen LogP contribution in [0.1, 0.15) is 58.8 Å². The number of rotatable bonds is 9. The molecule has 0 bridgehead atoms. The van der Waals surface area contributed by atoms with Crippen molar-refractivity contribution in [1.29, 1.82) is 0 Å². The lowest BCUT2D eigenvalue weighted by Crippen LogP contribution is -2.34. The van der Waals surface area contributed by atoms with E-state index >= 15 is 0 Å². The number of anilines is 3. The Kier molecular flexibility index (Phi) is 9.21. The smallest absolute Gasteiger partial charge is 0.407 e. The molecule has 0 unspecified atom stereocenters. The monoisotopic (exact) mass is 570 g/mol. The first-order valence-electron chi connectivity index (χ1n) is 12.5. The molecule has 3 aromatic rings. The summed E-state index contributed by atoms with van der Waals surface area (Å²) in [6.45, 7) is 5.26. The summed E-state index contributed by atoms with van der Waals surface area (Å²) in [7, 11) is 6.15. The van der Waals surface area contributed by atoms with Crippen LogP contribution in [0.2, 0.25) is 0 Å². The topological polar surface area (TPSA) is 180 Å². The van der Waals surface area contributed by atoms with Crippen LogP contribution < -0.4 is 21.3 Å². The maximum atomic E-state index is 12.9. The number of alkyl carbamates (subject to hydrolysis) is 1. The second-order valence-corrected chi connectivity index (χ2v) is 10.1. The van der Waals surface area contributed by atoms with Crippen LogP contribution in [0.15, 0.2) is 30.7 Å². The van der Waals surface area contributed by atoms with E-state index in [-0.39, 0.29) is 36.0 Å². The van der Waals surface area contributed by atoms with E-state index in [1.54, 1.807) is 54.3 Å². The van der Waals surface area contributed by atoms with Crippen molar-refractivity contribution in [2.45, 2.75) is 32.8 Å². The number of carbonyl (C=O) groups excluding carboxylic acids is 5. The third-order valence-corrected chi connectivity index (χ3v) is 5.52. The van der Waals surface area contributed by atoms with Gasteiger partial charge in [-0.1, -0.05) is 0 Å². The number of aryl methyl sites for hydroxylation is 3. The quantitative estimate of drug-likeness (QED) is 0.283. The van der Waals surface area contributed by atoms with Crippen molar-refractivity contribution in [2.24, 2.45) is 21.1 Å². The molecule has 15 heteroatoms. The van der Waals surface area contributed by atoms with Crippen LogP contribution in [0.4, 0.5) is 22.0 Å². The van der Waals surface area contributed by atoms with Gasteiger partial charge in [0.2, 0.25) is 11.7 Å². The van der Waals surface area contributed by atoms with Crippen molar-refractivity contribution in [3.8, 4) is 0 Å². The highest BCUT2D eigenvalue weighted by molar-refractivity contribution is 6.06. The van der Waals surface area contributed by atoms with Crippen LogP contribution in [-0.2, 0) is 35.4 Å². The Hall–Kier alpha value is -5.08. The lowest BCUT2D eigenvalue weighted by molar-refractivity contribution is -0.116. The molecule has 0 aliphatic rings. The zero-order chi connectivity index (χ0) is 30.5. The van der Waals surface area contributed by atoms with Crippen LogP contribution in [0.3, 0.4) is 0 Å². The van der Waals surface area contributed by atoms with Crippen LogP contribution in [0.25, 0.3) is 0 Å². The second kappa shape index (κ2) is 12.4. The molecule has 0 saturated carbocycles. The van der Waals surface area contributed by atoms with Gasteiger partial charge in [-0.15, -0.1) is 0 Å². The Labute approximate surface area is 236 Å². The molecule has 4 amide bonds. The number of aromatic nitrogens is 4. The molecule has 3 heterocycles. The van der Waals surface area contributed by atoms with E-state index in [1.165, 1.54) is 39.1 Å². The molecule has 15 nitrogen and oxygen atoms in total. The number of nitrogens with zero attached hydrogens (tertiary/aromatic N) is 4. The van der Waals surface area contributed by atoms with Crippen molar-refractivity contribution in [2.75, 3.05) is 29.6 Å². The highest BCUT2D eigenvalue weighted by atomic mass is 16.6.